The number of carbonyl (C=O) groups is 2. The molecule has 1 unspecified atom stereocenters. The van der Waals surface area contributed by atoms with Crippen molar-refractivity contribution in [3.05, 3.63) is 69.5 Å². The second-order valence-corrected chi connectivity index (χ2v) is 10.5. The predicted molar refractivity (Wildman–Crippen MR) is 139 cm³/mol. The maximum absolute atomic E-state index is 13.4. The van der Waals surface area contributed by atoms with Crippen molar-refractivity contribution in [2.45, 2.75) is 69.8 Å². The monoisotopic (exact) mass is 524 g/mol. The fourth-order valence-electron chi connectivity index (χ4n) is 4.22. The lowest BCUT2D eigenvalue weighted by molar-refractivity contribution is -0.139. The van der Waals surface area contributed by atoms with Crippen LogP contribution < -0.4 is 5.32 Å². The molecule has 0 radical (unpaired) electrons. The van der Waals surface area contributed by atoms with E-state index in [-0.39, 0.29) is 36.0 Å². The van der Waals surface area contributed by atoms with E-state index >= 15 is 0 Å². The predicted octanol–water partition coefficient (Wildman–Crippen LogP) is 6.62. The molecular formula is C26H31Cl2FN2O2S. The van der Waals surface area contributed by atoms with Crippen LogP contribution in [-0.4, -0.2) is 34.6 Å². The molecule has 184 valence electrons. The highest BCUT2D eigenvalue weighted by Gasteiger charge is 2.30. The quantitative estimate of drug-likeness (QED) is 0.379. The number of thioether (sulfide) groups is 1. The summed E-state index contributed by atoms with van der Waals surface area (Å²) in [7, 11) is 0. The molecule has 0 aliphatic heterocycles. The van der Waals surface area contributed by atoms with Gasteiger partial charge in [-0.1, -0.05) is 67.6 Å². The van der Waals surface area contributed by atoms with Crippen molar-refractivity contribution in [3.63, 3.8) is 0 Å². The third-order valence-electron chi connectivity index (χ3n) is 6.10. The Morgan fingerprint density at radius 1 is 1.12 bits per heavy atom. The van der Waals surface area contributed by atoms with Gasteiger partial charge in [0.25, 0.3) is 0 Å². The number of amides is 2. The standard InChI is InChI=1S/C26H31Cl2FN2O2S/c1-2-24(26(33)30-22-6-4-3-5-7-22)31(15-18-8-12-21(29)13-9-18)25(32)17-34-16-19-10-11-20(27)14-23(19)28/h8-14,22,24H,2-7,15-17H2,1H3,(H,30,33). The summed E-state index contributed by atoms with van der Waals surface area (Å²) in [4.78, 5) is 28.2. The number of rotatable bonds is 10. The first-order valence-electron chi connectivity index (χ1n) is 11.7. The Morgan fingerprint density at radius 3 is 2.47 bits per heavy atom. The molecule has 4 nitrogen and oxygen atoms in total. The minimum atomic E-state index is -0.584. The van der Waals surface area contributed by atoms with Crippen LogP contribution in [0.3, 0.4) is 0 Å². The zero-order chi connectivity index (χ0) is 24.5. The SMILES string of the molecule is CCC(C(=O)NC1CCCCC1)N(Cc1ccc(F)cc1)C(=O)CSCc1ccc(Cl)cc1Cl. The van der Waals surface area contributed by atoms with Crippen molar-refractivity contribution in [1.29, 1.82) is 0 Å². The second-order valence-electron chi connectivity index (χ2n) is 8.64. The number of hydrogen-bond acceptors (Lipinski definition) is 3. The van der Waals surface area contributed by atoms with E-state index < -0.39 is 6.04 Å². The van der Waals surface area contributed by atoms with E-state index in [2.05, 4.69) is 5.32 Å². The summed E-state index contributed by atoms with van der Waals surface area (Å²) >= 11 is 13.7. The number of carbonyl (C=O) groups excluding carboxylic acids is 2. The lowest BCUT2D eigenvalue weighted by Gasteiger charge is -2.32. The van der Waals surface area contributed by atoms with Gasteiger partial charge in [-0.2, -0.15) is 0 Å². The zero-order valence-electron chi connectivity index (χ0n) is 19.4. The second kappa shape index (κ2) is 13.4. The lowest BCUT2D eigenvalue weighted by atomic mass is 9.95. The van der Waals surface area contributed by atoms with Crippen LogP contribution in [0, 0.1) is 5.82 Å². The smallest absolute Gasteiger partial charge is 0.243 e. The molecule has 1 aliphatic carbocycles. The number of nitrogens with one attached hydrogen (secondary N) is 1. The van der Waals surface area contributed by atoms with Crippen molar-refractivity contribution in [3.8, 4) is 0 Å². The Balaban J connectivity index is 1.70. The molecule has 1 fully saturated rings. The highest BCUT2D eigenvalue weighted by molar-refractivity contribution is 7.99. The molecule has 0 aromatic heterocycles. The van der Waals surface area contributed by atoms with Crippen LogP contribution >= 0.6 is 35.0 Å². The van der Waals surface area contributed by atoms with Crippen LogP contribution in [0.4, 0.5) is 4.39 Å². The van der Waals surface area contributed by atoms with Crippen molar-refractivity contribution < 1.29 is 14.0 Å². The lowest BCUT2D eigenvalue weighted by Crippen LogP contribution is -2.52. The molecule has 0 heterocycles. The van der Waals surface area contributed by atoms with E-state index in [0.29, 0.717) is 22.2 Å². The van der Waals surface area contributed by atoms with Gasteiger partial charge in [0.05, 0.1) is 5.75 Å². The van der Waals surface area contributed by atoms with Gasteiger partial charge in [0.2, 0.25) is 11.8 Å². The number of halogens is 3. The molecule has 1 N–H and O–H groups in total. The molecule has 0 spiro atoms. The van der Waals surface area contributed by atoms with Crippen LogP contribution in [0.5, 0.6) is 0 Å². The molecular weight excluding hydrogens is 494 g/mol. The van der Waals surface area contributed by atoms with Crippen LogP contribution in [0.15, 0.2) is 42.5 Å². The Bertz CT molecular complexity index is 968. The minimum Gasteiger partial charge on any atom is -0.352 e. The molecule has 0 saturated heterocycles. The first-order chi connectivity index (χ1) is 16.4. The van der Waals surface area contributed by atoms with Crippen LogP contribution in [-0.2, 0) is 21.9 Å². The van der Waals surface area contributed by atoms with E-state index in [1.807, 2.05) is 13.0 Å². The third kappa shape index (κ3) is 7.89. The van der Waals surface area contributed by atoms with Gasteiger partial charge in [-0.25, -0.2) is 4.39 Å². The van der Waals surface area contributed by atoms with Gasteiger partial charge in [0.15, 0.2) is 0 Å². The molecule has 0 bridgehead atoms. The highest BCUT2D eigenvalue weighted by atomic mass is 35.5. The van der Waals surface area contributed by atoms with Gasteiger partial charge >= 0.3 is 0 Å². The van der Waals surface area contributed by atoms with E-state index in [1.54, 1.807) is 29.2 Å². The normalized spacial score (nSPS) is 15.1. The summed E-state index contributed by atoms with van der Waals surface area (Å²) in [6.07, 6.45) is 5.89. The van der Waals surface area contributed by atoms with E-state index in [0.717, 1.165) is 36.8 Å². The molecule has 1 aliphatic rings. The van der Waals surface area contributed by atoms with Gasteiger partial charge in [-0.3, -0.25) is 9.59 Å². The fraction of sp³-hybridized carbons (Fsp3) is 0.462. The van der Waals surface area contributed by atoms with Gasteiger partial charge in [-0.05, 0) is 54.7 Å². The number of nitrogens with zero attached hydrogens (tertiary/aromatic N) is 1. The van der Waals surface area contributed by atoms with Gasteiger partial charge in [0.1, 0.15) is 11.9 Å². The summed E-state index contributed by atoms with van der Waals surface area (Å²) in [5.41, 5.74) is 1.68. The molecule has 1 atom stereocenters. The van der Waals surface area contributed by atoms with Crippen molar-refractivity contribution >= 4 is 46.8 Å². The molecule has 2 aromatic rings. The average Bonchev–Trinajstić information content (AvgIpc) is 2.82. The van der Waals surface area contributed by atoms with Gasteiger partial charge in [0, 0.05) is 28.4 Å². The summed E-state index contributed by atoms with van der Waals surface area (Å²) in [5, 5.41) is 4.29. The van der Waals surface area contributed by atoms with Crippen LogP contribution in [0.1, 0.15) is 56.6 Å². The first kappa shape index (κ1) is 26.8. The van der Waals surface area contributed by atoms with Gasteiger partial charge < -0.3 is 10.2 Å². The first-order valence-corrected chi connectivity index (χ1v) is 13.6. The fourth-order valence-corrected chi connectivity index (χ4v) is 5.69. The van der Waals surface area contributed by atoms with Crippen molar-refractivity contribution in [2.24, 2.45) is 0 Å². The Kier molecular flexibility index (Phi) is 10.5. The van der Waals surface area contributed by atoms with Crippen LogP contribution in [0.2, 0.25) is 10.0 Å². The molecule has 2 amide bonds. The highest BCUT2D eigenvalue weighted by Crippen LogP contribution is 2.25. The molecule has 1 saturated carbocycles. The Morgan fingerprint density at radius 2 is 1.82 bits per heavy atom. The third-order valence-corrected chi connectivity index (χ3v) is 7.66. The average molecular weight is 526 g/mol. The van der Waals surface area contributed by atoms with E-state index in [9.17, 15) is 14.0 Å². The van der Waals surface area contributed by atoms with Crippen LogP contribution in [0.25, 0.3) is 0 Å². The summed E-state index contributed by atoms with van der Waals surface area (Å²) in [6.45, 7) is 2.16. The zero-order valence-corrected chi connectivity index (χ0v) is 21.7. The van der Waals surface area contributed by atoms with E-state index in [4.69, 9.17) is 23.2 Å². The Labute approximate surface area is 215 Å². The summed E-state index contributed by atoms with van der Waals surface area (Å²) < 4.78 is 13.4. The van der Waals surface area contributed by atoms with Gasteiger partial charge in [-0.15, -0.1) is 11.8 Å². The molecule has 8 heteroatoms. The maximum atomic E-state index is 13.4. The number of hydrogen-bond donors (Lipinski definition) is 1. The molecule has 2 aromatic carbocycles. The maximum Gasteiger partial charge on any atom is 0.243 e. The van der Waals surface area contributed by atoms with E-state index in [1.165, 1.54) is 30.3 Å². The van der Waals surface area contributed by atoms with Crippen molar-refractivity contribution in [1.82, 2.24) is 10.2 Å². The Hall–Kier alpha value is -1.76. The minimum absolute atomic E-state index is 0.115. The molecule has 3 rings (SSSR count). The van der Waals surface area contributed by atoms with Crippen molar-refractivity contribution in [2.75, 3.05) is 5.75 Å². The summed E-state index contributed by atoms with van der Waals surface area (Å²) in [6, 6.07) is 10.9. The largest absolute Gasteiger partial charge is 0.352 e. The number of benzene rings is 2. The summed E-state index contributed by atoms with van der Waals surface area (Å²) in [5.74, 6) is 0.171. The molecule has 34 heavy (non-hydrogen) atoms. The topological polar surface area (TPSA) is 49.4 Å².